The Morgan fingerprint density at radius 2 is 2.12 bits per heavy atom. The van der Waals surface area contributed by atoms with E-state index >= 15 is 0 Å². The van der Waals surface area contributed by atoms with Gasteiger partial charge in [0.2, 0.25) is 0 Å². The summed E-state index contributed by atoms with van der Waals surface area (Å²) in [5, 5.41) is 0. The molecule has 0 aliphatic rings. The number of benzene rings is 1. The van der Waals surface area contributed by atoms with Crippen molar-refractivity contribution < 1.29 is 4.74 Å². The van der Waals surface area contributed by atoms with Gasteiger partial charge in [-0.15, -0.1) is 0 Å². The van der Waals surface area contributed by atoms with Crippen LogP contribution in [0.4, 0.5) is 11.4 Å². The van der Waals surface area contributed by atoms with Crippen LogP contribution in [0.5, 0.6) is 0 Å². The first kappa shape index (κ1) is 13.8. The van der Waals surface area contributed by atoms with Crippen LogP contribution in [0.2, 0.25) is 0 Å². The number of aryl methyl sites for hydroxylation is 1. The maximum Gasteiger partial charge on any atom is 0.0637 e. The fraction of sp³-hybridized carbons (Fsp3) is 0.571. The molecule has 1 aromatic carbocycles. The van der Waals surface area contributed by atoms with Crippen molar-refractivity contribution in [3.05, 3.63) is 23.8 Å². The smallest absolute Gasteiger partial charge is 0.0637 e. The minimum absolute atomic E-state index is 0.491. The third-order valence-electron chi connectivity index (χ3n) is 3.20. The Morgan fingerprint density at radius 3 is 2.71 bits per heavy atom. The second kappa shape index (κ2) is 6.50. The zero-order valence-electron chi connectivity index (χ0n) is 11.4. The van der Waals surface area contributed by atoms with E-state index in [1.165, 1.54) is 11.3 Å². The minimum atomic E-state index is 0.491. The SMILES string of the molecule is CCC(C)N(CCOC)c1cc(N)ccc1C. The largest absolute Gasteiger partial charge is 0.399 e. The van der Waals surface area contributed by atoms with E-state index in [4.69, 9.17) is 10.5 Å². The number of nitrogen functional groups attached to an aromatic ring is 1. The van der Waals surface area contributed by atoms with Crippen molar-refractivity contribution in [2.45, 2.75) is 33.2 Å². The first-order valence-electron chi connectivity index (χ1n) is 6.21. The van der Waals surface area contributed by atoms with Crippen LogP contribution >= 0.6 is 0 Å². The molecule has 1 aromatic rings. The molecule has 2 N–H and O–H groups in total. The molecule has 1 rings (SSSR count). The molecule has 1 atom stereocenters. The van der Waals surface area contributed by atoms with Crippen LogP contribution in [-0.2, 0) is 4.74 Å². The fourth-order valence-corrected chi connectivity index (χ4v) is 1.92. The van der Waals surface area contributed by atoms with Crippen molar-refractivity contribution in [3.8, 4) is 0 Å². The van der Waals surface area contributed by atoms with E-state index in [-0.39, 0.29) is 0 Å². The molecule has 1 unspecified atom stereocenters. The lowest BCUT2D eigenvalue weighted by molar-refractivity contribution is 0.203. The van der Waals surface area contributed by atoms with Crippen LogP contribution in [0, 0.1) is 6.92 Å². The number of hydrogen-bond acceptors (Lipinski definition) is 3. The van der Waals surface area contributed by atoms with Crippen molar-refractivity contribution in [1.29, 1.82) is 0 Å². The first-order chi connectivity index (χ1) is 8.10. The molecule has 0 aliphatic heterocycles. The van der Waals surface area contributed by atoms with E-state index in [0.717, 1.165) is 25.3 Å². The summed E-state index contributed by atoms with van der Waals surface area (Å²) >= 11 is 0. The summed E-state index contributed by atoms with van der Waals surface area (Å²) in [4.78, 5) is 2.37. The Labute approximate surface area is 105 Å². The zero-order valence-corrected chi connectivity index (χ0v) is 11.4. The van der Waals surface area contributed by atoms with Gasteiger partial charge in [0.1, 0.15) is 0 Å². The van der Waals surface area contributed by atoms with Gasteiger partial charge in [0, 0.05) is 31.1 Å². The monoisotopic (exact) mass is 236 g/mol. The molecule has 0 bridgehead atoms. The van der Waals surface area contributed by atoms with E-state index in [1.807, 2.05) is 6.07 Å². The highest BCUT2D eigenvalue weighted by Gasteiger charge is 2.14. The number of hydrogen-bond donors (Lipinski definition) is 1. The van der Waals surface area contributed by atoms with Gasteiger partial charge in [-0.3, -0.25) is 0 Å². The molecule has 0 fully saturated rings. The molecule has 3 heteroatoms. The van der Waals surface area contributed by atoms with Gasteiger partial charge >= 0.3 is 0 Å². The van der Waals surface area contributed by atoms with Crippen molar-refractivity contribution in [1.82, 2.24) is 0 Å². The summed E-state index contributed by atoms with van der Waals surface area (Å²) < 4.78 is 5.19. The van der Waals surface area contributed by atoms with Crippen molar-refractivity contribution in [2.24, 2.45) is 0 Å². The van der Waals surface area contributed by atoms with Crippen molar-refractivity contribution >= 4 is 11.4 Å². The quantitative estimate of drug-likeness (QED) is 0.772. The number of nitrogens with zero attached hydrogens (tertiary/aromatic N) is 1. The fourth-order valence-electron chi connectivity index (χ4n) is 1.92. The average Bonchev–Trinajstić information content (AvgIpc) is 2.33. The Kier molecular flexibility index (Phi) is 5.29. The molecule has 17 heavy (non-hydrogen) atoms. The van der Waals surface area contributed by atoms with E-state index in [2.05, 4.69) is 37.8 Å². The van der Waals surface area contributed by atoms with Gasteiger partial charge < -0.3 is 15.4 Å². The van der Waals surface area contributed by atoms with Crippen molar-refractivity contribution in [3.63, 3.8) is 0 Å². The summed E-state index contributed by atoms with van der Waals surface area (Å²) in [6.45, 7) is 8.19. The Bertz CT molecular complexity index is 352. The predicted molar refractivity (Wildman–Crippen MR) is 74.6 cm³/mol. The molecule has 0 radical (unpaired) electrons. The molecule has 0 amide bonds. The van der Waals surface area contributed by atoms with Gasteiger partial charge in [-0.2, -0.15) is 0 Å². The summed E-state index contributed by atoms with van der Waals surface area (Å²) in [7, 11) is 1.74. The number of methoxy groups -OCH3 is 1. The highest BCUT2D eigenvalue weighted by molar-refractivity contribution is 5.61. The van der Waals surface area contributed by atoms with Gasteiger partial charge in [-0.05, 0) is 38.0 Å². The van der Waals surface area contributed by atoms with Crippen LogP contribution < -0.4 is 10.6 Å². The Hall–Kier alpha value is -1.22. The number of rotatable bonds is 6. The zero-order chi connectivity index (χ0) is 12.8. The highest BCUT2D eigenvalue weighted by Crippen LogP contribution is 2.25. The molecular formula is C14H24N2O. The lowest BCUT2D eigenvalue weighted by atomic mass is 10.1. The molecule has 0 saturated heterocycles. The van der Waals surface area contributed by atoms with Crippen LogP contribution in [0.1, 0.15) is 25.8 Å². The lowest BCUT2D eigenvalue weighted by Gasteiger charge is -2.32. The Morgan fingerprint density at radius 1 is 1.41 bits per heavy atom. The van der Waals surface area contributed by atoms with Gasteiger partial charge in [-0.1, -0.05) is 13.0 Å². The summed E-state index contributed by atoms with van der Waals surface area (Å²) in [5.41, 5.74) is 9.17. The predicted octanol–water partition coefficient (Wildman–Crippen LogP) is 2.83. The minimum Gasteiger partial charge on any atom is -0.399 e. The second-order valence-corrected chi connectivity index (χ2v) is 4.49. The molecule has 3 nitrogen and oxygen atoms in total. The molecule has 96 valence electrons. The summed E-state index contributed by atoms with van der Waals surface area (Å²) in [6.07, 6.45) is 1.11. The van der Waals surface area contributed by atoms with E-state index in [1.54, 1.807) is 7.11 Å². The van der Waals surface area contributed by atoms with E-state index < -0.39 is 0 Å². The van der Waals surface area contributed by atoms with Crippen LogP contribution in [-0.4, -0.2) is 26.3 Å². The van der Waals surface area contributed by atoms with Crippen LogP contribution in [0.3, 0.4) is 0 Å². The van der Waals surface area contributed by atoms with Gasteiger partial charge in [-0.25, -0.2) is 0 Å². The van der Waals surface area contributed by atoms with Crippen molar-refractivity contribution in [2.75, 3.05) is 30.9 Å². The maximum atomic E-state index is 5.88. The lowest BCUT2D eigenvalue weighted by Crippen LogP contribution is -2.36. The number of ether oxygens (including phenoxy) is 1. The molecule has 0 spiro atoms. The summed E-state index contributed by atoms with van der Waals surface area (Å²) in [5.74, 6) is 0. The second-order valence-electron chi connectivity index (χ2n) is 4.49. The average molecular weight is 236 g/mol. The molecule has 0 saturated carbocycles. The summed E-state index contributed by atoms with van der Waals surface area (Å²) in [6, 6.07) is 6.57. The van der Waals surface area contributed by atoms with Gasteiger partial charge in [0.15, 0.2) is 0 Å². The standard InChI is InChI=1S/C14H24N2O/c1-5-12(3)16(8-9-17-4)14-10-13(15)7-6-11(14)2/h6-7,10,12H,5,8-9,15H2,1-4H3. The van der Waals surface area contributed by atoms with E-state index in [0.29, 0.717) is 6.04 Å². The van der Waals surface area contributed by atoms with Gasteiger partial charge in [0.25, 0.3) is 0 Å². The maximum absolute atomic E-state index is 5.88. The molecule has 0 aromatic heterocycles. The molecule has 0 heterocycles. The van der Waals surface area contributed by atoms with Gasteiger partial charge in [0.05, 0.1) is 6.61 Å². The number of nitrogens with two attached hydrogens (primary N) is 1. The molecular weight excluding hydrogens is 212 g/mol. The Balaban J connectivity index is 2.98. The highest BCUT2D eigenvalue weighted by atomic mass is 16.5. The normalized spacial score (nSPS) is 12.5. The first-order valence-corrected chi connectivity index (χ1v) is 6.21. The van der Waals surface area contributed by atoms with Crippen LogP contribution in [0.25, 0.3) is 0 Å². The van der Waals surface area contributed by atoms with Crippen LogP contribution in [0.15, 0.2) is 18.2 Å². The number of anilines is 2. The third kappa shape index (κ3) is 3.63. The molecule has 0 aliphatic carbocycles. The topological polar surface area (TPSA) is 38.5 Å². The third-order valence-corrected chi connectivity index (χ3v) is 3.20. The van der Waals surface area contributed by atoms with E-state index in [9.17, 15) is 0 Å².